The average Bonchev–Trinajstić information content (AvgIpc) is 2.73. The van der Waals surface area contributed by atoms with Crippen molar-refractivity contribution in [1.82, 2.24) is 10.3 Å². The number of nitrogens with one attached hydrogen (secondary N) is 1. The van der Waals surface area contributed by atoms with Gasteiger partial charge in [0, 0.05) is 18.1 Å². The SMILES string of the molecule is Cc1ccnc2sc(C(=O)NCC(C)C(C)(C)C)c(N)c12. The second-order valence-electron chi connectivity index (χ2n) is 6.63. The number of carbonyl (C=O) groups is 1. The quantitative estimate of drug-likeness (QED) is 0.910. The second-order valence-corrected chi connectivity index (χ2v) is 7.63. The Morgan fingerprint density at radius 2 is 2.14 bits per heavy atom. The zero-order valence-electron chi connectivity index (χ0n) is 13.3. The fourth-order valence-corrected chi connectivity index (χ4v) is 3.06. The van der Waals surface area contributed by atoms with Crippen LogP contribution in [0.15, 0.2) is 12.3 Å². The van der Waals surface area contributed by atoms with Gasteiger partial charge >= 0.3 is 0 Å². The Morgan fingerprint density at radius 1 is 1.48 bits per heavy atom. The second kappa shape index (κ2) is 5.64. The van der Waals surface area contributed by atoms with E-state index in [9.17, 15) is 4.79 Å². The number of thiophene rings is 1. The third kappa shape index (κ3) is 3.18. The van der Waals surface area contributed by atoms with E-state index in [1.165, 1.54) is 11.3 Å². The van der Waals surface area contributed by atoms with Crippen LogP contribution in [0.25, 0.3) is 10.2 Å². The molecule has 1 amide bonds. The molecular weight excluding hydrogens is 282 g/mol. The summed E-state index contributed by atoms with van der Waals surface area (Å²) in [7, 11) is 0. The van der Waals surface area contributed by atoms with Crippen LogP contribution < -0.4 is 11.1 Å². The standard InChI is InChI=1S/C16H23N3OS/c1-9-6-7-18-15-11(9)12(17)13(21-15)14(20)19-8-10(2)16(3,4)5/h6-7,10H,8,17H2,1-5H3,(H,19,20). The Bertz CT molecular complexity index is 670. The van der Waals surface area contributed by atoms with Gasteiger partial charge in [-0.1, -0.05) is 27.7 Å². The van der Waals surface area contributed by atoms with Crippen LogP contribution in [0.1, 0.15) is 42.9 Å². The van der Waals surface area contributed by atoms with Crippen molar-refractivity contribution in [3.8, 4) is 0 Å². The fraction of sp³-hybridized carbons (Fsp3) is 0.500. The highest BCUT2D eigenvalue weighted by Gasteiger charge is 2.22. The van der Waals surface area contributed by atoms with E-state index in [2.05, 4.69) is 38.0 Å². The van der Waals surface area contributed by atoms with Crippen LogP contribution in [0.4, 0.5) is 5.69 Å². The van der Waals surface area contributed by atoms with Gasteiger partial charge in [-0.2, -0.15) is 0 Å². The van der Waals surface area contributed by atoms with Gasteiger partial charge in [0.15, 0.2) is 0 Å². The van der Waals surface area contributed by atoms with E-state index in [-0.39, 0.29) is 11.3 Å². The molecule has 0 bridgehead atoms. The van der Waals surface area contributed by atoms with Crippen LogP contribution in [-0.2, 0) is 0 Å². The van der Waals surface area contributed by atoms with Crippen molar-refractivity contribution < 1.29 is 4.79 Å². The molecule has 2 heterocycles. The van der Waals surface area contributed by atoms with Crippen molar-refractivity contribution in [1.29, 1.82) is 0 Å². The molecule has 5 heteroatoms. The zero-order chi connectivity index (χ0) is 15.8. The summed E-state index contributed by atoms with van der Waals surface area (Å²) >= 11 is 1.36. The number of rotatable bonds is 3. The van der Waals surface area contributed by atoms with Gasteiger partial charge in [0.25, 0.3) is 5.91 Å². The largest absolute Gasteiger partial charge is 0.397 e. The van der Waals surface area contributed by atoms with Gasteiger partial charge in [0.2, 0.25) is 0 Å². The van der Waals surface area contributed by atoms with Gasteiger partial charge in [0.05, 0.1) is 5.69 Å². The summed E-state index contributed by atoms with van der Waals surface area (Å²) in [5.41, 5.74) is 7.90. The molecule has 114 valence electrons. The maximum atomic E-state index is 12.4. The molecule has 3 N–H and O–H groups in total. The molecule has 0 aliphatic heterocycles. The maximum Gasteiger partial charge on any atom is 0.263 e. The molecule has 1 unspecified atom stereocenters. The number of hydrogen-bond acceptors (Lipinski definition) is 4. The number of nitrogens with two attached hydrogens (primary N) is 1. The lowest BCUT2D eigenvalue weighted by atomic mass is 9.82. The minimum Gasteiger partial charge on any atom is -0.397 e. The van der Waals surface area contributed by atoms with Crippen LogP contribution in [0, 0.1) is 18.3 Å². The van der Waals surface area contributed by atoms with Crippen LogP contribution >= 0.6 is 11.3 Å². The van der Waals surface area contributed by atoms with Gasteiger partial charge in [-0.15, -0.1) is 11.3 Å². The molecule has 0 aromatic carbocycles. The first-order valence-electron chi connectivity index (χ1n) is 7.13. The molecule has 0 saturated heterocycles. The first-order valence-corrected chi connectivity index (χ1v) is 7.95. The van der Waals surface area contributed by atoms with Crippen LogP contribution in [-0.4, -0.2) is 17.4 Å². The van der Waals surface area contributed by atoms with Crippen molar-refractivity contribution in [3.63, 3.8) is 0 Å². The zero-order valence-corrected chi connectivity index (χ0v) is 14.1. The van der Waals surface area contributed by atoms with E-state index in [1.54, 1.807) is 6.20 Å². The number of nitrogens with zero attached hydrogens (tertiary/aromatic N) is 1. The molecule has 21 heavy (non-hydrogen) atoms. The molecule has 2 aromatic heterocycles. The molecule has 2 rings (SSSR count). The van der Waals surface area contributed by atoms with Crippen molar-refractivity contribution in [2.75, 3.05) is 12.3 Å². The van der Waals surface area contributed by atoms with Gasteiger partial charge in [-0.25, -0.2) is 4.98 Å². The molecule has 0 aliphatic carbocycles. The normalized spacial score (nSPS) is 13.4. The molecule has 0 saturated carbocycles. The third-order valence-electron chi connectivity index (χ3n) is 4.09. The number of nitrogen functional groups attached to an aromatic ring is 1. The minimum atomic E-state index is -0.106. The van der Waals surface area contributed by atoms with Crippen molar-refractivity contribution >= 4 is 33.1 Å². The fourth-order valence-electron chi connectivity index (χ4n) is 2.00. The monoisotopic (exact) mass is 305 g/mol. The number of hydrogen-bond donors (Lipinski definition) is 2. The smallest absolute Gasteiger partial charge is 0.263 e. The van der Waals surface area contributed by atoms with E-state index in [1.807, 2.05) is 13.0 Å². The van der Waals surface area contributed by atoms with E-state index in [0.29, 0.717) is 23.0 Å². The number of amides is 1. The highest BCUT2D eigenvalue weighted by atomic mass is 32.1. The van der Waals surface area contributed by atoms with Crippen LogP contribution in [0.3, 0.4) is 0 Å². The number of anilines is 1. The van der Waals surface area contributed by atoms with Gasteiger partial charge in [0.1, 0.15) is 9.71 Å². The summed E-state index contributed by atoms with van der Waals surface area (Å²) in [4.78, 5) is 18.1. The first kappa shape index (κ1) is 15.8. The van der Waals surface area contributed by atoms with Crippen LogP contribution in [0.5, 0.6) is 0 Å². The molecule has 4 nitrogen and oxygen atoms in total. The Balaban J connectivity index is 2.21. The predicted octanol–water partition coefficient (Wildman–Crippen LogP) is 3.60. The maximum absolute atomic E-state index is 12.4. The van der Waals surface area contributed by atoms with Crippen molar-refractivity contribution in [2.45, 2.75) is 34.6 Å². The number of carbonyl (C=O) groups excluding carboxylic acids is 1. The molecule has 2 aromatic rings. The lowest BCUT2D eigenvalue weighted by molar-refractivity contribution is 0.0942. The summed E-state index contributed by atoms with van der Waals surface area (Å²) in [5, 5.41) is 3.89. The predicted molar refractivity (Wildman–Crippen MR) is 89.7 cm³/mol. The van der Waals surface area contributed by atoms with E-state index < -0.39 is 0 Å². The molecule has 0 fully saturated rings. The Hall–Kier alpha value is -1.62. The molecule has 0 radical (unpaired) electrons. The van der Waals surface area contributed by atoms with E-state index >= 15 is 0 Å². The molecule has 1 atom stereocenters. The molecule has 0 aliphatic rings. The number of fused-ring (bicyclic) bond motifs is 1. The Labute approximate surface area is 129 Å². The summed E-state index contributed by atoms with van der Waals surface area (Å²) < 4.78 is 0. The summed E-state index contributed by atoms with van der Waals surface area (Å²) in [6.45, 7) is 11.3. The molecule has 0 spiro atoms. The number of pyridine rings is 1. The third-order valence-corrected chi connectivity index (χ3v) is 5.20. The topological polar surface area (TPSA) is 68.0 Å². The number of aryl methyl sites for hydroxylation is 1. The Kier molecular flexibility index (Phi) is 4.23. The summed E-state index contributed by atoms with van der Waals surface area (Å²) in [6.07, 6.45) is 1.75. The summed E-state index contributed by atoms with van der Waals surface area (Å²) in [6, 6.07) is 1.91. The first-order chi connectivity index (χ1) is 9.71. The highest BCUT2D eigenvalue weighted by Crippen LogP contribution is 2.34. The lowest BCUT2D eigenvalue weighted by Gasteiger charge is -2.27. The minimum absolute atomic E-state index is 0.106. The van der Waals surface area contributed by atoms with Gasteiger partial charge < -0.3 is 11.1 Å². The van der Waals surface area contributed by atoms with E-state index in [0.717, 1.165) is 15.8 Å². The lowest BCUT2D eigenvalue weighted by Crippen LogP contribution is -2.33. The highest BCUT2D eigenvalue weighted by molar-refractivity contribution is 7.21. The summed E-state index contributed by atoms with van der Waals surface area (Å²) in [5.74, 6) is 0.280. The van der Waals surface area contributed by atoms with E-state index in [4.69, 9.17) is 5.73 Å². The van der Waals surface area contributed by atoms with Crippen molar-refractivity contribution in [3.05, 3.63) is 22.7 Å². The Morgan fingerprint density at radius 3 is 2.71 bits per heavy atom. The number of aromatic nitrogens is 1. The molecular formula is C16H23N3OS. The van der Waals surface area contributed by atoms with Crippen LogP contribution in [0.2, 0.25) is 0 Å². The van der Waals surface area contributed by atoms with Crippen molar-refractivity contribution in [2.24, 2.45) is 11.3 Å². The average molecular weight is 305 g/mol. The van der Waals surface area contributed by atoms with Gasteiger partial charge in [-0.05, 0) is 29.9 Å². The van der Waals surface area contributed by atoms with Gasteiger partial charge in [-0.3, -0.25) is 4.79 Å².